The van der Waals surface area contributed by atoms with Gasteiger partial charge in [-0.25, -0.2) is 4.79 Å². The maximum absolute atomic E-state index is 11.7. The molecule has 1 N–H and O–H groups in total. The van der Waals surface area contributed by atoms with Crippen molar-refractivity contribution in [1.82, 2.24) is 10.2 Å². The Bertz CT molecular complexity index is 268. The van der Waals surface area contributed by atoms with E-state index in [1.165, 1.54) is 32.1 Å². The molecular formula is C15H30N2O2. The summed E-state index contributed by atoms with van der Waals surface area (Å²) >= 11 is 0. The minimum atomic E-state index is -0.411. The SMILES string of the molecule is CN(CCCNC1CCCCC1)C(=O)OC(C)(C)C. The summed E-state index contributed by atoms with van der Waals surface area (Å²) < 4.78 is 5.31. The van der Waals surface area contributed by atoms with E-state index in [9.17, 15) is 4.79 Å². The monoisotopic (exact) mass is 270 g/mol. The van der Waals surface area contributed by atoms with Crippen molar-refractivity contribution in [2.45, 2.75) is 70.9 Å². The van der Waals surface area contributed by atoms with Crippen LogP contribution in [-0.4, -0.2) is 42.8 Å². The van der Waals surface area contributed by atoms with Gasteiger partial charge in [0.2, 0.25) is 0 Å². The number of nitrogens with one attached hydrogen (secondary N) is 1. The third-order valence-corrected chi connectivity index (χ3v) is 3.41. The Morgan fingerprint density at radius 1 is 1.26 bits per heavy atom. The molecule has 0 aromatic carbocycles. The molecule has 0 atom stereocenters. The largest absolute Gasteiger partial charge is 0.444 e. The molecule has 0 unspecified atom stereocenters. The third kappa shape index (κ3) is 7.41. The molecule has 4 heteroatoms. The van der Waals surface area contributed by atoms with E-state index >= 15 is 0 Å². The Labute approximate surface area is 117 Å². The summed E-state index contributed by atoms with van der Waals surface area (Å²) in [7, 11) is 1.80. The third-order valence-electron chi connectivity index (χ3n) is 3.41. The van der Waals surface area contributed by atoms with Crippen LogP contribution in [0.5, 0.6) is 0 Å². The molecule has 0 saturated heterocycles. The van der Waals surface area contributed by atoms with E-state index in [2.05, 4.69) is 5.32 Å². The van der Waals surface area contributed by atoms with Crippen LogP contribution in [0, 0.1) is 0 Å². The van der Waals surface area contributed by atoms with Crippen LogP contribution in [-0.2, 0) is 4.74 Å². The number of ether oxygens (including phenoxy) is 1. The summed E-state index contributed by atoms with van der Waals surface area (Å²) in [5, 5.41) is 3.59. The van der Waals surface area contributed by atoms with Crippen LogP contribution in [0.2, 0.25) is 0 Å². The average molecular weight is 270 g/mol. The zero-order valence-corrected chi connectivity index (χ0v) is 13.0. The maximum atomic E-state index is 11.7. The summed E-state index contributed by atoms with van der Waals surface area (Å²) in [5.74, 6) is 0. The molecule has 0 radical (unpaired) electrons. The van der Waals surface area contributed by atoms with E-state index in [-0.39, 0.29) is 6.09 Å². The number of rotatable bonds is 5. The lowest BCUT2D eigenvalue weighted by atomic mass is 9.95. The van der Waals surface area contributed by atoms with Gasteiger partial charge in [-0.15, -0.1) is 0 Å². The van der Waals surface area contributed by atoms with Crippen LogP contribution in [0.1, 0.15) is 59.3 Å². The van der Waals surface area contributed by atoms with Gasteiger partial charge in [0.15, 0.2) is 0 Å². The first kappa shape index (κ1) is 16.3. The van der Waals surface area contributed by atoms with Crippen molar-refractivity contribution in [3.05, 3.63) is 0 Å². The van der Waals surface area contributed by atoms with Gasteiger partial charge >= 0.3 is 6.09 Å². The fraction of sp³-hybridized carbons (Fsp3) is 0.933. The number of amides is 1. The highest BCUT2D eigenvalue weighted by atomic mass is 16.6. The van der Waals surface area contributed by atoms with Gasteiger partial charge in [0.1, 0.15) is 5.60 Å². The molecule has 1 aliphatic rings. The Morgan fingerprint density at radius 3 is 2.47 bits per heavy atom. The Hall–Kier alpha value is -0.770. The molecule has 0 aliphatic heterocycles. The first-order valence-corrected chi connectivity index (χ1v) is 7.56. The summed E-state index contributed by atoms with van der Waals surface area (Å²) in [6.07, 6.45) is 7.46. The number of nitrogens with zero attached hydrogens (tertiary/aromatic N) is 1. The molecule has 4 nitrogen and oxygen atoms in total. The molecule has 0 heterocycles. The molecule has 0 aromatic heterocycles. The van der Waals surface area contributed by atoms with Crippen molar-refractivity contribution < 1.29 is 9.53 Å². The molecule has 19 heavy (non-hydrogen) atoms. The number of carbonyl (C=O) groups is 1. The lowest BCUT2D eigenvalue weighted by Crippen LogP contribution is -2.37. The summed E-state index contributed by atoms with van der Waals surface area (Å²) in [6, 6.07) is 0.695. The summed E-state index contributed by atoms with van der Waals surface area (Å²) in [4.78, 5) is 13.4. The Morgan fingerprint density at radius 2 is 1.89 bits per heavy atom. The molecule has 112 valence electrons. The molecule has 1 fully saturated rings. The normalized spacial score (nSPS) is 17.3. The first-order chi connectivity index (χ1) is 8.88. The van der Waals surface area contributed by atoms with Gasteiger partial charge in [-0.2, -0.15) is 0 Å². The molecule has 0 spiro atoms. The number of carbonyl (C=O) groups excluding carboxylic acids is 1. The van der Waals surface area contributed by atoms with E-state index in [0.717, 1.165) is 19.5 Å². The molecule has 1 aliphatic carbocycles. The predicted molar refractivity (Wildman–Crippen MR) is 78.4 cm³/mol. The smallest absolute Gasteiger partial charge is 0.410 e. The average Bonchev–Trinajstić information content (AvgIpc) is 2.33. The minimum Gasteiger partial charge on any atom is -0.444 e. The van der Waals surface area contributed by atoms with Crippen LogP contribution in [0.4, 0.5) is 4.79 Å². The van der Waals surface area contributed by atoms with Crippen molar-refractivity contribution in [3.63, 3.8) is 0 Å². The maximum Gasteiger partial charge on any atom is 0.410 e. The number of hydrogen-bond acceptors (Lipinski definition) is 3. The van der Waals surface area contributed by atoms with E-state index in [0.29, 0.717) is 6.04 Å². The quantitative estimate of drug-likeness (QED) is 0.780. The van der Waals surface area contributed by atoms with Crippen molar-refractivity contribution in [3.8, 4) is 0 Å². The van der Waals surface area contributed by atoms with Crippen molar-refractivity contribution in [1.29, 1.82) is 0 Å². The summed E-state index contributed by atoms with van der Waals surface area (Å²) in [6.45, 7) is 7.41. The van der Waals surface area contributed by atoms with E-state index in [1.807, 2.05) is 20.8 Å². The molecular weight excluding hydrogens is 240 g/mol. The molecule has 0 aromatic rings. The van der Waals surface area contributed by atoms with E-state index < -0.39 is 5.60 Å². The predicted octanol–water partition coefficient (Wildman–Crippen LogP) is 3.17. The zero-order chi connectivity index (χ0) is 14.3. The fourth-order valence-corrected chi connectivity index (χ4v) is 2.36. The van der Waals surface area contributed by atoms with Gasteiger partial charge in [0, 0.05) is 19.6 Å². The summed E-state index contributed by atoms with van der Waals surface area (Å²) in [5.41, 5.74) is -0.411. The zero-order valence-electron chi connectivity index (χ0n) is 13.0. The van der Waals surface area contributed by atoms with E-state index in [4.69, 9.17) is 4.74 Å². The number of hydrogen-bond donors (Lipinski definition) is 1. The second-order valence-electron chi connectivity index (χ2n) is 6.54. The van der Waals surface area contributed by atoms with Gasteiger partial charge in [-0.05, 0) is 46.6 Å². The van der Waals surface area contributed by atoms with Gasteiger partial charge in [-0.3, -0.25) is 0 Å². The van der Waals surface area contributed by atoms with Crippen LogP contribution in [0.25, 0.3) is 0 Å². The van der Waals surface area contributed by atoms with Gasteiger partial charge < -0.3 is 15.0 Å². The van der Waals surface area contributed by atoms with Crippen LogP contribution < -0.4 is 5.32 Å². The highest BCUT2D eigenvalue weighted by Gasteiger charge is 2.19. The van der Waals surface area contributed by atoms with Crippen molar-refractivity contribution in [2.75, 3.05) is 20.1 Å². The molecule has 0 bridgehead atoms. The van der Waals surface area contributed by atoms with Crippen LogP contribution in [0.3, 0.4) is 0 Å². The standard InChI is InChI=1S/C15H30N2O2/c1-15(2,3)19-14(18)17(4)12-8-11-16-13-9-6-5-7-10-13/h13,16H,5-12H2,1-4H3. The first-order valence-electron chi connectivity index (χ1n) is 7.56. The van der Waals surface area contributed by atoms with Crippen molar-refractivity contribution >= 4 is 6.09 Å². The van der Waals surface area contributed by atoms with Crippen LogP contribution >= 0.6 is 0 Å². The van der Waals surface area contributed by atoms with E-state index in [1.54, 1.807) is 11.9 Å². The van der Waals surface area contributed by atoms with Gasteiger partial charge in [0.25, 0.3) is 0 Å². The molecule has 1 saturated carbocycles. The molecule has 1 rings (SSSR count). The topological polar surface area (TPSA) is 41.6 Å². The fourth-order valence-electron chi connectivity index (χ4n) is 2.36. The lowest BCUT2D eigenvalue weighted by Gasteiger charge is -2.25. The second kappa shape index (κ2) is 7.73. The molecule has 1 amide bonds. The highest BCUT2D eigenvalue weighted by molar-refractivity contribution is 5.67. The van der Waals surface area contributed by atoms with Crippen molar-refractivity contribution in [2.24, 2.45) is 0 Å². The van der Waals surface area contributed by atoms with Gasteiger partial charge in [-0.1, -0.05) is 19.3 Å². The second-order valence-corrected chi connectivity index (χ2v) is 6.54. The lowest BCUT2D eigenvalue weighted by molar-refractivity contribution is 0.0297. The highest BCUT2D eigenvalue weighted by Crippen LogP contribution is 2.17. The van der Waals surface area contributed by atoms with Crippen LogP contribution in [0.15, 0.2) is 0 Å². The Balaban J connectivity index is 2.09. The minimum absolute atomic E-state index is 0.231. The Kier molecular flexibility index (Phi) is 6.63. The van der Waals surface area contributed by atoms with Gasteiger partial charge in [0.05, 0.1) is 0 Å².